The molecule has 2 aromatic carbocycles. The van der Waals surface area contributed by atoms with Crippen molar-refractivity contribution in [1.29, 1.82) is 0 Å². The molecule has 1 unspecified atom stereocenters. The second-order valence-corrected chi connectivity index (χ2v) is 8.70. The van der Waals surface area contributed by atoms with Gasteiger partial charge in [-0.15, -0.1) is 0 Å². The number of hydrogen-bond donors (Lipinski definition) is 1. The van der Waals surface area contributed by atoms with Gasteiger partial charge in [-0.3, -0.25) is 9.36 Å². The summed E-state index contributed by atoms with van der Waals surface area (Å²) in [6.07, 6.45) is 7.28. The van der Waals surface area contributed by atoms with E-state index in [0.717, 1.165) is 28.0 Å². The quantitative estimate of drug-likeness (QED) is 0.398. The Labute approximate surface area is 197 Å². The average Bonchev–Trinajstić information content (AvgIpc) is 3.46. The highest BCUT2D eigenvalue weighted by molar-refractivity contribution is 7.99. The number of thioether (sulfide) groups is 1. The molecule has 0 aliphatic carbocycles. The van der Waals surface area contributed by atoms with E-state index >= 15 is 0 Å². The summed E-state index contributed by atoms with van der Waals surface area (Å²) in [5.74, 6) is 1.60. The normalized spacial score (nSPS) is 11.9. The number of amides is 1. The van der Waals surface area contributed by atoms with E-state index in [0.29, 0.717) is 0 Å². The first-order valence-electron chi connectivity index (χ1n) is 10.6. The largest absolute Gasteiger partial charge is 0.497 e. The zero-order chi connectivity index (χ0) is 23.4. The van der Waals surface area contributed by atoms with Gasteiger partial charge >= 0.3 is 0 Å². The number of nitrogens with zero attached hydrogens (tertiary/aromatic N) is 4. The smallest absolute Gasteiger partial charge is 0.231 e. The second-order valence-electron chi connectivity index (χ2n) is 7.76. The van der Waals surface area contributed by atoms with Gasteiger partial charge in [0.2, 0.25) is 5.91 Å². The third kappa shape index (κ3) is 4.96. The van der Waals surface area contributed by atoms with Crippen LogP contribution in [0.15, 0.2) is 72.4 Å². The molecule has 1 atom stereocenters. The summed E-state index contributed by atoms with van der Waals surface area (Å²) in [7, 11) is 3.54. The fourth-order valence-corrected chi connectivity index (χ4v) is 4.46. The van der Waals surface area contributed by atoms with Crippen molar-refractivity contribution in [3.05, 3.63) is 89.8 Å². The molecule has 4 rings (SSSR count). The molecular weight excluding hydrogens is 434 g/mol. The van der Waals surface area contributed by atoms with Gasteiger partial charge in [-0.25, -0.2) is 9.97 Å². The fraction of sp³-hybridized carbons (Fsp3) is 0.240. The van der Waals surface area contributed by atoms with Gasteiger partial charge in [0.1, 0.15) is 17.6 Å². The van der Waals surface area contributed by atoms with E-state index in [1.807, 2.05) is 58.9 Å². The number of nitrogens with one attached hydrogen (secondary N) is 1. The minimum atomic E-state index is -0.396. The monoisotopic (exact) mass is 461 g/mol. The maximum absolute atomic E-state index is 13.0. The maximum atomic E-state index is 13.0. The van der Waals surface area contributed by atoms with E-state index in [2.05, 4.69) is 41.3 Å². The molecule has 7 nitrogen and oxygen atoms in total. The summed E-state index contributed by atoms with van der Waals surface area (Å²) in [6.45, 7) is 4.18. The average molecular weight is 462 g/mol. The lowest BCUT2D eigenvalue weighted by Crippen LogP contribution is -2.32. The summed E-state index contributed by atoms with van der Waals surface area (Å²) in [5, 5.41) is 3.91. The van der Waals surface area contributed by atoms with Gasteiger partial charge in [-0.2, -0.15) is 0 Å². The van der Waals surface area contributed by atoms with Crippen LogP contribution in [0.25, 0.3) is 5.69 Å². The first-order valence-corrected chi connectivity index (χ1v) is 11.6. The Morgan fingerprint density at radius 2 is 1.91 bits per heavy atom. The molecule has 0 bridgehead atoms. The summed E-state index contributed by atoms with van der Waals surface area (Å²) in [6, 6.07) is 13.5. The molecule has 0 aliphatic rings. The number of rotatable bonds is 8. The van der Waals surface area contributed by atoms with Crippen LogP contribution in [0.2, 0.25) is 0 Å². The van der Waals surface area contributed by atoms with Gasteiger partial charge in [0.25, 0.3) is 0 Å². The van der Waals surface area contributed by atoms with Crippen molar-refractivity contribution in [3.8, 4) is 11.4 Å². The minimum Gasteiger partial charge on any atom is -0.497 e. The first-order chi connectivity index (χ1) is 16.0. The van der Waals surface area contributed by atoms with Crippen LogP contribution >= 0.6 is 11.8 Å². The van der Waals surface area contributed by atoms with Gasteiger partial charge in [-0.05, 0) is 48.7 Å². The van der Waals surface area contributed by atoms with E-state index in [1.54, 1.807) is 19.5 Å². The van der Waals surface area contributed by atoms with Crippen molar-refractivity contribution < 1.29 is 9.53 Å². The number of benzene rings is 2. The number of aryl methyl sites for hydroxylation is 2. The zero-order valence-corrected chi connectivity index (χ0v) is 20.0. The number of methoxy groups -OCH3 is 1. The molecule has 8 heteroatoms. The predicted molar refractivity (Wildman–Crippen MR) is 130 cm³/mol. The molecule has 0 spiro atoms. The number of carbonyl (C=O) groups excluding carboxylic acids is 1. The van der Waals surface area contributed by atoms with Gasteiger partial charge < -0.3 is 14.6 Å². The molecule has 0 saturated heterocycles. The van der Waals surface area contributed by atoms with Crippen LogP contribution in [0.4, 0.5) is 0 Å². The van der Waals surface area contributed by atoms with Crippen LogP contribution in [0.1, 0.15) is 28.6 Å². The third-order valence-electron chi connectivity index (χ3n) is 5.62. The van der Waals surface area contributed by atoms with E-state index in [9.17, 15) is 4.79 Å². The molecule has 33 heavy (non-hydrogen) atoms. The van der Waals surface area contributed by atoms with E-state index in [1.165, 1.54) is 22.9 Å². The Balaban J connectivity index is 1.52. The van der Waals surface area contributed by atoms with Gasteiger partial charge in [-0.1, -0.05) is 36.0 Å². The summed E-state index contributed by atoms with van der Waals surface area (Å²) in [5.41, 5.74) is 4.37. The molecule has 0 saturated carbocycles. The molecule has 1 amide bonds. The minimum absolute atomic E-state index is 0.105. The van der Waals surface area contributed by atoms with Crippen molar-refractivity contribution >= 4 is 17.7 Å². The predicted octanol–water partition coefficient (Wildman–Crippen LogP) is 4.23. The second kappa shape index (κ2) is 9.95. The molecule has 2 aromatic heterocycles. The number of ether oxygens (including phenoxy) is 1. The Hall–Kier alpha value is -3.52. The lowest BCUT2D eigenvalue weighted by molar-refractivity contribution is -0.119. The molecule has 0 fully saturated rings. The lowest BCUT2D eigenvalue weighted by atomic mass is 10.1. The first kappa shape index (κ1) is 22.7. The van der Waals surface area contributed by atoms with E-state index in [4.69, 9.17) is 4.74 Å². The van der Waals surface area contributed by atoms with Crippen LogP contribution in [0.3, 0.4) is 0 Å². The summed E-state index contributed by atoms with van der Waals surface area (Å²) in [4.78, 5) is 22.0. The Bertz CT molecular complexity index is 1260. The molecule has 170 valence electrons. The molecule has 0 radical (unpaired) electrons. The van der Waals surface area contributed by atoms with E-state index in [-0.39, 0.29) is 11.7 Å². The van der Waals surface area contributed by atoms with Crippen molar-refractivity contribution in [2.24, 2.45) is 7.05 Å². The van der Waals surface area contributed by atoms with Crippen LogP contribution in [0.5, 0.6) is 5.75 Å². The van der Waals surface area contributed by atoms with Crippen molar-refractivity contribution in [1.82, 2.24) is 24.4 Å². The zero-order valence-electron chi connectivity index (χ0n) is 19.1. The maximum Gasteiger partial charge on any atom is 0.231 e. The highest BCUT2D eigenvalue weighted by atomic mass is 32.2. The Morgan fingerprint density at radius 1 is 1.12 bits per heavy atom. The highest BCUT2D eigenvalue weighted by Gasteiger charge is 2.22. The van der Waals surface area contributed by atoms with Crippen LogP contribution < -0.4 is 10.1 Å². The van der Waals surface area contributed by atoms with Crippen LogP contribution in [-0.4, -0.2) is 37.9 Å². The highest BCUT2D eigenvalue weighted by Crippen LogP contribution is 2.26. The molecule has 1 N–H and O–H groups in total. The molecule has 0 aliphatic heterocycles. The number of imidazole rings is 2. The SMILES string of the molecule is COc1cccc(C(NC(=O)CSc2nccn2-c2cccc(C)c2C)c2nccn2C)c1. The molecular formula is C25H27N5O2S. The standard InChI is InChI=1S/C25H27N5O2S/c1-17-7-5-10-21(18(17)2)30-14-12-27-25(30)33-16-22(31)28-23(24-26-11-13-29(24)3)19-8-6-9-20(15-19)32-4/h5-15,23H,16H2,1-4H3,(H,28,31). The molecule has 4 aromatic rings. The number of aromatic nitrogens is 4. The Morgan fingerprint density at radius 3 is 2.67 bits per heavy atom. The summed E-state index contributed by atoms with van der Waals surface area (Å²) >= 11 is 1.41. The van der Waals surface area contributed by atoms with Gasteiger partial charge in [0.15, 0.2) is 5.16 Å². The van der Waals surface area contributed by atoms with Crippen LogP contribution in [-0.2, 0) is 11.8 Å². The van der Waals surface area contributed by atoms with Crippen LogP contribution in [0, 0.1) is 13.8 Å². The summed E-state index contributed by atoms with van der Waals surface area (Å²) < 4.78 is 9.31. The Kier molecular flexibility index (Phi) is 6.84. The van der Waals surface area contributed by atoms with E-state index < -0.39 is 6.04 Å². The third-order valence-corrected chi connectivity index (χ3v) is 6.59. The van der Waals surface area contributed by atoms with Crippen molar-refractivity contribution in [2.75, 3.05) is 12.9 Å². The lowest BCUT2D eigenvalue weighted by Gasteiger charge is -2.20. The van der Waals surface area contributed by atoms with Crippen molar-refractivity contribution in [3.63, 3.8) is 0 Å². The van der Waals surface area contributed by atoms with Gasteiger partial charge in [0.05, 0.1) is 18.6 Å². The number of hydrogen-bond acceptors (Lipinski definition) is 5. The number of carbonyl (C=O) groups is 1. The topological polar surface area (TPSA) is 74.0 Å². The van der Waals surface area contributed by atoms with Gasteiger partial charge in [0, 0.05) is 31.8 Å². The van der Waals surface area contributed by atoms with Crippen molar-refractivity contribution in [2.45, 2.75) is 25.0 Å². The fourth-order valence-electron chi connectivity index (χ4n) is 3.68. The molecule has 2 heterocycles.